The van der Waals surface area contributed by atoms with Crippen molar-refractivity contribution in [1.82, 2.24) is 0 Å². The van der Waals surface area contributed by atoms with E-state index in [9.17, 15) is 4.79 Å². The summed E-state index contributed by atoms with van der Waals surface area (Å²) in [6, 6.07) is 0. The van der Waals surface area contributed by atoms with Crippen molar-refractivity contribution in [2.75, 3.05) is 6.61 Å². The first-order valence-electron chi connectivity index (χ1n) is 2.58. The topological polar surface area (TPSA) is 76.2 Å². The summed E-state index contributed by atoms with van der Waals surface area (Å²) in [5.41, 5.74) is 4.90. The molecule has 54 valence electrons. The largest absolute Gasteiger partial charge is 0.452 e. The van der Waals surface area contributed by atoms with E-state index in [4.69, 9.17) is 17.6 Å². The Hall–Kier alpha value is -1.50. The van der Waals surface area contributed by atoms with Crippen molar-refractivity contribution in [3.05, 3.63) is 0 Å². The molecule has 0 radical (unpaired) electrons. The lowest BCUT2D eigenvalue weighted by Crippen LogP contribution is -2.17. The molecular weight excluding hydrogens is 132 g/mol. The maximum absolute atomic E-state index is 10.5. The lowest BCUT2D eigenvalue weighted by atomic mass is 10.4. The molecule has 0 aromatic carbocycles. The van der Waals surface area contributed by atoms with Crippen LogP contribution in [0.4, 0.5) is 0 Å². The first-order valence-corrected chi connectivity index (χ1v) is 2.58. The first-order chi connectivity index (χ1) is 4.66. The Balaban J connectivity index is 3.47. The van der Waals surface area contributed by atoms with Gasteiger partial charge in [-0.15, -0.1) is 6.42 Å². The third-order valence-corrected chi connectivity index (χ3v) is 0.651. The van der Waals surface area contributed by atoms with Gasteiger partial charge >= 0.3 is 5.97 Å². The smallest absolute Gasteiger partial charge is 0.314 e. The Kier molecular flexibility index (Phi) is 3.73. The second-order valence-electron chi connectivity index (χ2n) is 1.57. The standard InChI is InChI=1S/C6H8N2O2/c1-2-3-10-6(9)4-5(7)8/h1H,3-4H2,(H3,7,8). The van der Waals surface area contributed by atoms with Crippen molar-refractivity contribution in [3.8, 4) is 12.3 Å². The van der Waals surface area contributed by atoms with Crippen LogP contribution in [0.3, 0.4) is 0 Å². The van der Waals surface area contributed by atoms with E-state index in [-0.39, 0.29) is 18.9 Å². The van der Waals surface area contributed by atoms with Gasteiger partial charge in [0.2, 0.25) is 0 Å². The minimum absolute atomic E-state index is 0.0634. The molecule has 0 amide bonds. The van der Waals surface area contributed by atoms with Crippen molar-refractivity contribution in [1.29, 1.82) is 5.41 Å². The summed E-state index contributed by atoms with van der Waals surface area (Å²) in [7, 11) is 0. The fourth-order valence-electron chi connectivity index (χ4n) is 0.329. The number of hydrogen-bond donors (Lipinski definition) is 2. The monoisotopic (exact) mass is 140 g/mol. The molecule has 0 aliphatic rings. The Labute approximate surface area is 58.9 Å². The number of nitrogens with one attached hydrogen (secondary N) is 1. The van der Waals surface area contributed by atoms with Crippen LogP contribution >= 0.6 is 0 Å². The molecule has 0 aromatic heterocycles. The summed E-state index contributed by atoms with van der Waals surface area (Å²) in [6.07, 6.45) is 4.60. The van der Waals surface area contributed by atoms with Crippen LogP contribution < -0.4 is 5.73 Å². The Morgan fingerprint density at radius 1 is 1.80 bits per heavy atom. The molecule has 0 aliphatic heterocycles. The maximum Gasteiger partial charge on any atom is 0.314 e. The van der Waals surface area contributed by atoms with E-state index in [0.717, 1.165) is 0 Å². The fourth-order valence-corrected chi connectivity index (χ4v) is 0.329. The Morgan fingerprint density at radius 3 is 2.80 bits per heavy atom. The van der Waals surface area contributed by atoms with E-state index in [1.807, 2.05) is 0 Å². The molecule has 0 atom stereocenters. The molecule has 0 unspecified atom stereocenters. The molecule has 0 aliphatic carbocycles. The zero-order chi connectivity index (χ0) is 7.98. The molecule has 0 rings (SSSR count). The molecular formula is C6H8N2O2. The van der Waals surface area contributed by atoms with E-state index >= 15 is 0 Å². The van der Waals surface area contributed by atoms with Gasteiger partial charge in [0.25, 0.3) is 0 Å². The van der Waals surface area contributed by atoms with Crippen molar-refractivity contribution >= 4 is 11.8 Å². The summed E-state index contributed by atoms with van der Waals surface area (Å²) >= 11 is 0. The number of amidine groups is 1. The summed E-state index contributed by atoms with van der Waals surface area (Å²) < 4.78 is 4.41. The number of hydrogen-bond acceptors (Lipinski definition) is 3. The zero-order valence-electron chi connectivity index (χ0n) is 5.39. The van der Waals surface area contributed by atoms with E-state index in [1.54, 1.807) is 0 Å². The average Bonchev–Trinajstić information content (AvgIpc) is 1.82. The maximum atomic E-state index is 10.5. The van der Waals surface area contributed by atoms with Gasteiger partial charge in [0.15, 0.2) is 6.61 Å². The van der Waals surface area contributed by atoms with Gasteiger partial charge in [-0.1, -0.05) is 5.92 Å². The highest BCUT2D eigenvalue weighted by Gasteiger charge is 2.01. The third kappa shape index (κ3) is 4.65. The SMILES string of the molecule is C#CCOC(=O)CC(=N)N. The lowest BCUT2D eigenvalue weighted by molar-refractivity contribution is -0.140. The van der Waals surface area contributed by atoms with E-state index in [0.29, 0.717) is 0 Å². The highest BCUT2D eigenvalue weighted by molar-refractivity contribution is 5.94. The highest BCUT2D eigenvalue weighted by atomic mass is 16.5. The number of carbonyl (C=O) groups is 1. The molecule has 4 heteroatoms. The molecule has 0 spiro atoms. The quantitative estimate of drug-likeness (QED) is 0.240. The van der Waals surface area contributed by atoms with Crippen molar-refractivity contribution in [2.45, 2.75) is 6.42 Å². The molecule has 10 heavy (non-hydrogen) atoms. The van der Waals surface area contributed by atoms with Gasteiger partial charge in [0.1, 0.15) is 12.3 Å². The van der Waals surface area contributed by atoms with E-state index in [2.05, 4.69) is 10.7 Å². The molecule has 3 N–H and O–H groups in total. The van der Waals surface area contributed by atoms with E-state index < -0.39 is 5.97 Å². The molecule has 0 aromatic rings. The summed E-state index contributed by atoms with van der Waals surface area (Å²) in [5.74, 6) is 1.33. The number of carbonyl (C=O) groups excluding carboxylic acids is 1. The van der Waals surface area contributed by atoms with Gasteiger partial charge in [-0.25, -0.2) is 0 Å². The highest BCUT2D eigenvalue weighted by Crippen LogP contribution is 1.83. The van der Waals surface area contributed by atoms with Gasteiger partial charge in [-0.2, -0.15) is 0 Å². The molecule has 0 heterocycles. The number of nitrogens with two attached hydrogens (primary N) is 1. The van der Waals surface area contributed by atoms with Gasteiger partial charge < -0.3 is 10.5 Å². The van der Waals surface area contributed by atoms with Crippen LogP contribution in [0.5, 0.6) is 0 Å². The van der Waals surface area contributed by atoms with Crippen LogP contribution in [0, 0.1) is 17.8 Å². The summed E-state index contributed by atoms with van der Waals surface area (Å²) in [5, 5.41) is 6.69. The van der Waals surface area contributed by atoms with Crippen LogP contribution in [0.15, 0.2) is 0 Å². The molecule has 0 fully saturated rings. The van der Waals surface area contributed by atoms with Crippen LogP contribution in [-0.2, 0) is 9.53 Å². The van der Waals surface area contributed by atoms with Gasteiger partial charge in [0, 0.05) is 0 Å². The number of rotatable bonds is 3. The molecule has 0 bridgehead atoms. The van der Waals surface area contributed by atoms with Crippen LogP contribution in [0.2, 0.25) is 0 Å². The minimum atomic E-state index is -0.564. The van der Waals surface area contributed by atoms with Crippen molar-refractivity contribution < 1.29 is 9.53 Å². The number of terminal acetylenes is 1. The van der Waals surface area contributed by atoms with Crippen molar-refractivity contribution in [2.24, 2.45) is 5.73 Å². The average molecular weight is 140 g/mol. The molecule has 0 saturated carbocycles. The normalized spacial score (nSPS) is 7.90. The fraction of sp³-hybridized carbons (Fsp3) is 0.333. The number of ether oxygens (including phenoxy) is 1. The zero-order valence-corrected chi connectivity index (χ0v) is 5.39. The minimum Gasteiger partial charge on any atom is -0.452 e. The van der Waals surface area contributed by atoms with Gasteiger partial charge in [0.05, 0.1) is 0 Å². The number of esters is 1. The lowest BCUT2D eigenvalue weighted by Gasteiger charge is -1.97. The summed E-state index contributed by atoms with van der Waals surface area (Å²) in [6.45, 7) is -0.0634. The predicted molar refractivity (Wildman–Crippen MR) is 36.3 cm³/mol. The molecule has 0 saturated heterocycles. The Morgan fingerprint density at radius 2 is 2.40 bits per heavy atom. The Bertz CT molecular complexity index is 181. The van der Waals surface area contributed by atoms with Crippen LogP contribution in [0.25, 0.3) is 0 Å². The van der Waals surface area contributed by atoms with Crippen LogP contribution in [0.1, 0.15) is 6.42 Å². The van der Waals surface area contributed by atoms with E-state index in [1.165, 1.54) is 0 Å². The predicted octanol–water partition coefficient (Wildman–Crippen LogP) is -0.511. The second-order valence-corrected chi connectivity index (χ2v) is 1.57. The third-order valence-electron chi connectivity index (χ3n) is 0.651. The second kappa shape index (κ2) is 4.39. The summed E-state index contributed by atoms with van der Waals surface area (Å²) in [4.78, 5) is 10.5. The first kappa shape index (κ1) is 8.50. The van der Waals surface area contributed by atoms with Crippen LogP contribution in [-0.4, -0.2) is 18.4 Å². The van der Waals surface area contributed by atoms with Gasteiger partial charge in [-0.05, 0) is 0 Å². The van der Waals surface area contributed by atoms with Gasteiger partial charge in [-0.3, -0.25) is 10.2 Å². The molecule has 4 nitrogen and oxygen atoms in total. The van der Waals surface area contributed by atoms with Crippen molar-refractivity contribution in [3.63, 3.8) is 0 Å².